The van der Waals surface area contributed by atoms with Crippen LogP contribution in [-0.2, 0) is 0 Å². The van der Waals surface area contributed by atoms with E-state index < -0.39 is 0 Å². The van der Waals surface area contributed by atoms with Crippen molar-refractivity contribution in [2.24, 2.45) is 0 Å². The van der Waals surface area contributed by atoms with E-state index in [4.69, 9.17) is 21.1 Å². The zero-order valence-electron chi connectivity index (χ0n) is 10.2. The molecule has 0 saturated carbocycles. The van der Waals surface area contributed by atoms with Crippen LogP contribution in [0.4, 0.5) is 10.8 Å². The van der Waals surface area contributed by atoms with Crippen LogP contribution < -0.4 is 14.8 Å². The van der Waals surface area contributed by atoms with Crippen molar-refractivity contribution < 1.29 is 9.47 Å². The molecule has 1 aliphatic rings. The second-order valence-corrected chi connectivity index (χ2v) is 5.79. The highest BCUT2D eigenvalue weighted by atomic mass is 35.5. The normalized spacial score (nSPS) is 12.8. The highest BCUT2D eigenvalue weighted by molar-refractivity contribution is 7.22. The van der Waals surface area contributed by atoms with E-state index in [1.165, 1.54) is 0 Å². The van der Waals surface area contributed by atoms with Crippen molar-refractivity contribution in [1.82, 2.24) is 4.98 Å². The Bertz CT molecular complexity index is 745. The molecule has 1 aliphatic heterocycles. The number of halogens is 1. The van der Waals surface area contributed by atoms with Crippen LogP contribution in [-0.4, -0.2) is 11.8 Å². The summed E-state index contributed by atoms with van der Waals surface area (Å²) in [6.45, 7) is 0.280. The van der Waals surface area contributed by atoms with Gasteiger partial charge in [0.2, 0.25) is 6.79 Å². The molecule has 0 unspecified atom stereocenters. The molecule has 6 heteroatoms. The molecule has 4 nitrogen and oxygen atoms in total. The standard InChI is InChI=1S/C14H9ClN2O2S/c15-8-1-3-9(4-2-8)16-14-17-10-5-11-12(19-7-18-11)6-13(10)20-14/h1-6H,7H2,(H,16,17). The van der Waals surface area contributed by atoms with Gasteiger partial charge in [0.25, 0.3) is 0 Å². The van der Waals surface area contributed by atoms with Crippen LogP contribution in [0.2, 0.25) is 5.02 Å². The Balaban J connectivity index is 1.69. The van der Waals surface area contributed by atoms with Crippen LogP contribution in [0.1, 0.15) is 0 Å². The number of hydrogen-bond acceptors (Lipinski definition) is 5. The zero-order chi connectivity index (χ0) is 13.5. The number of rotatable bonds is 2. The second kappa shape index (κ2) is 4.54. The topological polar surface area (TPSA) is 43.4 Å². The fraction of sp³-hybridized carbons (Fsp3) is 0.0714. The number of fused-ring (bicyclic) bond motifs is 2. The molecule has 0 fully saturated rings. The number of thiazole rings is 1. The number of aromatic nitrogens is 1. The Kier molecular flexibility index (Phi) is 2.68. The fourth-order valence-corrected chi connectivity index (χ4v) is 3.05. The van der Waals surface area contributed by atoms with Gasteiger partial charge in [-0.15, -0.1) is 0 Å². The quantitative estimate of drug-likeness (QED) is 0.761. The van der Waals surface area contributed by atoms with Gasteiger partial charge in [0.05, 0.1) is 10.2 Å². The van der Waals surface area contributed by atoms with Crippen molar-refractivity contribution in [3.05, 3.63) is 41.4 Å². The lowest BCUT2D eigenvalue weighted by molar-refractivity contribution is 0.174. The van der Waals surface area contributed by atoms with E-state index in [9.17, 15) is 0 Å². The summed E-state index contributed by atoms with van der Waals surface area (Å²) in [5.74, 6) is 1.53. The average Bonchev–Trinajstić information content (AvgIpc) is 3.03. The predicted octanol–water partition coefficient (Wildman–Crippen LogP) is 4.42. The predicted molar refractivity (Wildman–Crippen MR) is 80.5 cm³/mol. The van der Waals surface area contributed by atoms with Gasteiger partial charge < -0.3 is 14.8 Å². The Hall–Kier alpha value is -1.98. The molecule has 0 radical (unpaired) electrons. The van der Waals surface area contributed by atoms with Crippen molar-refractivity contribution in [2.75, 3.05) is 12.1 Å². The first-order valence-corrected chi connectivity index (χ1v) is 7.20. The third-order valence-electron chi connectivity index (χ3n) is 2.98. The van der Waals surface area contributed by atoms with Crippen molar-refractivity contribution in [2.45, 2.75) is 0 Å². The molecule has 4 rings (SSSR count). The number of ether oxygens (including phenoxy) is 2. The maximum absolute atomic E-state index is 5.87. The maximum Gasteiger partial charge on any atom is 0.231 e. The molecular weight excluding hydrogens is 296 g/mol. The molecule has 2 heterocycles. The molecule has 1 aromatic heterocycles. The lowest BCUT2D eigenvalue weighted by Crippen LogP contribution is -1.92. The van der Waals surface area contributed by atoms with E-state index in [0.717, 1.165) is 32.5 Å². The van der Waals surface area contributed by atoms with Crippen LogP contribution >= 0.6 is 22.9 Å². The number of anilines is 2. The minimum atomic E-state index is 0.280. The lowest BCUT2D eigenvalue weighted by Gasteiger charge is -2.01. The summed E-state index contributed by atoms with van der Waals surface area (Å²) in [4.78, 5) is 4.55. The highest BCUT2D eigenvalue weighted by Crippen LogP contribution is 2.39. The Morgan fingerprint density at radius 2 is 1.85 bits per heavy atom. The van der Waals surface area contributed by atoms with E-state index in [2.05, 4.69) is 10.3 Å². The fourth-order valence-electron chi connectivity index (χ4n) is 2.03. The summed E-state index contributed by atoms with van der Waals surface area (Å²) >= 11 is 7.44. The number of benzene rings is 2. The molecule has 0 amide bonds. The van der Waals surface area contributed by atoms with Crippen molar-refractivity contribution >= 4 is 44.0 Å². The molecule has 2 aromatic carbocycles. The van der Waals surface area contributed by atoms with E-state index in [1.807, 2.05) is 36.4 Å². The molecule has 0 atom stereocenters. The summed E-state index contributed by atoms with van der Waals surface area (Å²) in [6.07, 6.45) is 0. The average molecular weight is 305 g/mol. The summed E-state index contributed by atoms with van der Waals surface area (Å²) < 4.78 is 11.8. The van der Waals surface area contributed by atoms with Gasteiger partial charge in [-0.3, -0.25) is 0 Å². The smallest absolute Gasteiger partial charge is 0.231 e. The van der Waals surface area contributed by atoms with Gasteiger partial charge in [0, 0.05) is 22.8 Å². The summed E-state index contributed by atoms with van der Waals surface area (Å²) in [5.41, 5.74) is 1.85. The monoisotopic (exact) mass is 304 g/mol. The molecule has 3 aromatic rings. The minimum absolute atomic E-state index is 0.280. The van der Waals surface area contributed by atoms with Gasteiger partial charge in [-0.1, -0.05) is 22.9 Å². The Morgan fingerprint density at radius 1 is 1.10 bits per heavy atom. The third-order valence-corrected chi connectivity index (χ3v) is 4.16. The SMILES string of the molecule is Clc1ccc(Nc2nc3cc4c(cc3s2)OCO4)cc1. The van der Waals surface area contributed by atoms with Crippen LogP contribution in [0.3, 0.4) is 0 Å². The highest BCUT2D eigenvalue weighted by Gasteiger charge is 2.16. The Labute approximate surface area is 123 Å². The molecule has 0 bridgehead atoms. The van der Waals surface area contributed by atoms with E-state index in [-0.39, 0.29) is 6.79 Å². The first-order chi connectivity index (χ1) is 9.78. The van der Waals surface area contributed by atoms with Crippen LogP contribution in [0.15, 0.2) is 36.4 Å². The van der Waals surface area contributed by atoms with E-state index >= 15 is 0 Å². The number of hydrogen-bond donors (Lipinski definition) is 1. The number of nitrogens with one attached hydrogen (secondary N) is 1. The minimum Gasteiger partial charge on any atom is -0.454 e. The van der Waals surface area contributed by atoms with Gasteiger partial charge in [-0.25, -0.2) is 4.98 Å². The summed E-state index contributed by atoms with van der Waals surface area (Å²) in [5, 5.41) is 4.80. The Morgan fingerprint density at radius 3 is 2.65 bits per heavy atom. The first-order valence-electron chi connectivity index (χ1n) is 6.01. The van der Waals surface area contributed by atoms with Crippen molar-refractivity contribution in [3.8, 4) is 11.5 Å². The third kappa shape index (κ3) is 2.05. The summed E-state index contributed by atoms with van der Waals surface area (Å²) in [6, 6.07) is 11.4. The van der Waals surface area contributed by atoms with Gasteiger partial charge in [-0.05, 0) is 24.3 Å². The molecule has 1 N–H and O–H groups in total. The first kappa shape index (κ1) is 11.8. The molecule has 20 heavy (non-hydrogen) atoms. The molecule has 0 spiro atoms. The largest absolute Gasteiger partial charge is 0.454 e. The van der Waals surface area contributed by atoms with Crippen LogP contribution in [0, 0.1) is 0 Å². The molecule has 0 saturated heterocycles. The van der Waals surface area contributed by atoms with Crippen molar-refractivity contribution in [1.29, 1.82) is 0 Å². The zero-order valence-corrected chi connectivity index (χ0v) is 11.8. The van der Waals surface area contributed by atoms with Crippen LogP contribution in [0.25, 0.3) is 10.2 Å². The van der Waals surface area contributed by atoms with Crippen molar-refractivity contribution in [3.63, 3.8) is 0 Å². The molecular formula is C14H9ClN2O2S. The van der Waals surface area contributed by atoms with E-state index in [0.29, 0.717) is 5.02 Å². The maximum atomic E-state index is 5.87. The van der Waals surface area contributed by atoms with Gasteiger partial charge in [0.1, 0.15) is 0 Å². The summed E-state index contributed by atoms with van der Waals surface area (Å²) in [7, 11) is 0. The van der Waals surface area contributed by atoms with Crippen LogP contribution in [0.5, 0.6) is 11.5 Å². The van der Waals surface area contributed by atoms with Gasteiger partial charge >= 0.3 is 0 Å². The van der Waals surface area contributed by atoms with E-state index in [1.54, 1.807) is 11.3 Å². The van der Waals surface area contributed by atoms with Gasteiger partial charge in [0.15, 0.2) is 16.6 Å². The molecule has 100 valence electrons. The van der Waals surface area contributed by atoms with Gasteiger partial charge in [-0.2, -0.15) is 0 Å². The molecule has 0 aliphatic carbocycles. The number of nitrogens with zero attached hydrogens (tertiary/aromatic N) is 1. The second-order valence-electron chi connectivity index (χ2n) is 4.32. The lowest BCUT2D eigenvalue weighted by atomic mass is 10.3.